The van der Waals surface area contributed by atoms with Gasteiger partial charge < -0.3 is 24.5 Å². The molecule has 31 heavy (non-hydrogen) atoms. The number of aromatic nitrogens is 2. The van der Waals surface area contributed by atoms with Gasteiger partial charge in [-0.2, -0.15) is 0 Å². The van der Waals surface area contributed by atoms with E-state index in [4.69, 9.17) is 13.9 Å². The zero-order valence-corrected chi connectivity index (χ0v) is 16.4. The van der Waals surface area contributed by atoms with E-state index in [0.29, 0.717) is 40.9 Å². The molecule has 2 N–H and O–H groups in total. The van der Waals surface area contributed by atoms with E-state index in [1.807, 2.05) is 60.7 Å². The van der Waals surface area contributed by atoms with Crippen LogP contribution in [0, 0.1) is 0 Å². The summed E-state index contributed by atoms with van der Waals surface area (Å²) in [6.45, 7) is 0.233. The van der Waals surface area contributed by atoms with Crippen molar-refractivity contribution in [1.29, 1.82) is 0 Å². The maximum Gasteiger partial charge on any atom is 0.323 e. The molecule has 0 fully saturated rings. The van der Waals surface area contributed by atoms with Crippen LogP contribution in [0.5, 0.6) is 11.5 Å². The molecule has 2 amide bonds. The molecular formula is C23H18N4O4. The van der Waals surface area contributed by atoms with Gasteiger partial charge in [-0.15, -0.1) is 10.2 Å². The normalized spacial score (nSPS) is 11.9. The second-order valence-corrected chi connectivity index (χ2v) is 6.89. The molecule has 0 bridgehead atoms. The van der Waals surface area contributed by atoms with Crippen molar-refractivity contribution in [1.82, 2.24) is 10.2 Å². The number of hydrogen-bond acceptors (Lipinski definition) is 6. The Kier molecular flexibility index (Phi) is 4.94. The monoisotopic (exact) mass is 414 g/mol. The third kappa shape index (κ3) is 4.32. The summed E-state index contributed by atoms with van der Waals surface area (Å²) in [5.74, 6) is 2.30. The van der Waals surface area contributed by atoms with E-state index in [1.165, 1.54) is 0 Å². The fourth-order valence-corrected chi connectivity index (χ4v) is 3.21. The molecular weight excluding hydrogens is 396 g/mol. The molecule has 8 nitrogen and oxygen atoms in total. The number of nitrogens with zero attached hydrogens (tertiary/aromatic N) is 2. The largest absolute Gasteiger partial charge is 0.454 e. The van der Waals surface area contributed by atoms with Gasteiger partial charge in [0.15, 0.2) is 11.5 Å². The molecule has 0 aliphatic carbocycles. The van der Waals surface area contributed by atoms with E-state index in [1.54, 1.807) is 12.1 Å². The van der Waals surface area contributed by atoms with Crippen molar-refractivity contribution < 1.29 is 18.7 Å². The van der Waals surface area contributed by atoms with Crippen LogP contribution < -0.4 is 20.1 Å². The highest BCUT2D eigenvalue weighted by atomic mass is 16.7. The number of carbonyl (C=O) groups excluding carboxylic acids is 1. The van der Waals surface area contributed by atoms with Gasteiger partial charge in [-0.05, 0) is 48.0 Å². The van der Waals surface area contributed by atoms with Crippen LogP contribution in [0.1, 0.15) is 11.5 Å². The Morgan fingerprint density at radius 1 is 0.839 bits per heavy atom. The lowest BCUT2D eigenvalue weighted by Crippen LogP contribution is -2.19. The van der Waals surface area contributed by atoms with Crippen molar-refractivity contribution in [3.8, 4) is 23.0 Å². The van der Waals surface area contributed by atoms with E-state index in [9.17, 15) is 4.79 Å². The van der Waals surface area contributed by atoms with Gasteiger partial charge in [0.1, 0.15) is 0 Å². The number of carbonyl (C=O) groups is 1. The van der Waals surface area contributed by atoms with Crippen LogP contribution in [0.4, 0.5) is 16.2 Å². The van der Waals surface area contributed by atoms with Crippen molar-refractivity contribution >= 4 is 17.4 Å². The second-order valence-electron chi connectivity index (χ2n) is 6.89. The number of urea groups is 1. The Morgan fingerprint density at radius 2 is 1.65 bits per heavy atom. The van der Waals surface area contributed by atoms with Gasteiger partial charge in [0.2, 0.25) is 18.6 Å². The average molecular weight is 414 g/mol. The predicted octanol–water partition coefficient (Wildman–Crippen LogP) is 4.70. The van der Waals surface area contributed by atoms with Crippen LogP contribution in [0.3, 0.4) is 0 Å². The van der Waals surface area contributed by atoms with Crippen LogP contribution in [-0.4, -0.2) is 23.0 Å². The predicted molar refractivity (Wildman–Crippen MR) is 114 cm³/mol. The number of ether oxygens (including phenoxy) is 2. The smallest absolute Gasteiger partial charge is 0.323 e. The Labute approximate surface area is 177 Å². The standard InChI is InChI=1S/C23H18N4O4/c28-23(24-17-6-2-1-3-7-17)25-18-8-4-5-16(13-18)22-27-26-21(31-22)12-15-9-10-19-20(11-15)30-14-29-19/h1-11,13H,12,14H2,(H2,24,25,28). The minimum Gasteiger partial charge on any atom is -0.454 e. The Morgan fingerprint density at radius 3 is 2.55 bits per heavy atom. The molecule has 0 saturated carbocycles. The number of fused-ring (bicyclic) bond motifs is 1. The number of rotatable bonds is 5. The molecule has 8 heteroatoms. The summed E-state index contributed by atoms with van der Waals surface area (Å²) in [6.07, 6.45) is 0.473. The zero-order valence-electron chi connectivity index (χ0n) is 16.4. The van der Waals surface area contributed by atoms with Crippen LogP contribution in [0.25, 0.3) is 11.5 Å². The van der Waals surface area contributed by atoms with E-state index in [-0.39, 0.29) is 12.8 Å². The summed E-state index contributed by atoms with van der Waals surface area (Å²) in [6, 6.07) is 21.8. The molecule has 1 aromatic heterocycles. The quantitative estimate of drug-likeness (QED) is 0.491. The number of hydrogen-bond donors (Lipinski definition) is 2. The lowest BCUT2D eigenvalue weighted by Gasteiger charge is -2.08. The Hall–Kier alpha value is -4.33. The molecule has 1 aliphatic rings. The number of benzene rings is 3. The van der Waals surface area contributed by atoms with Crippen molar-refractivity contribution in [2.24, 2.45) is 0 Å². The van der Waals surface area contributed by atoms with Gasteiger partial charge in [0, 0.05) is 16.9 Å². The van der Waals surface area contributed by atoms with E-state index in [2.05, 4.69) is 20.8 Å². The van der Waals surface area contributed by atoms with Gasteiger partial charge >= 0.3 is 6.03 Å². The molecule has 0 atom stereocenters. The SMILES string of the molecule is O=C(Nc1ccccc1)Nc1cccc(-c2nnc(Cc3ccc4c(c3)OCO4)o2)c1. The summed E-state index contributed by atoms with van der Waals surface area (Å²) in [7, 11) is 0. The molecule has 0 saturated heterocycles. The molecule has 2 heterocycles. The summed E-state index contributed by atoms with van der Waals surface area (Å²) in [4.78, 5) is 12.2. The number of anilines is 2. The molecule has 4 aromatic rings. The molecule has 1 aliphatic heterocycles. The van der Waals surface area contributed by atoms with Crippen molar-refractivity contribution in [2.45, 2.75) is 6.42 Å². The molecule has 154 valence electrons. The summed E-state index contributed by atoms with van der Waals surface area (Å²) >= 11 is 0. The topological polar surface area (TPSA) is 98.5 Å². The van der Waals surface area contributed by atoms with Crippen LogP contribution >= 0.6 is 0 Å². The van der Waals surface area contributed by atoms with Crippen molar-refractivity contribution in [2.75, 3.05) is 17.4 Å². The van der Waals surface area contributed by atoms with Gasteiger partial charge in [0.25, 0.3) is 0 Å². The van der Waals surface area contributed by atoms with Crippen LogP contribution in [0.2, 0.25) is 0 Å². The highest BCUT2D eigenvalue weighted by Gasteiger charge is 2.15. The van der Waals surface area contributed by atoms with Crippen LogP contribution in [-0.2, 0) is 6.42 Å². The lowest BCUT2D eigenvalue weighted by atomic mass is 10.1. The zero-order chi connectivity index (χ0) is 21.0. The summed E-state index contributed by atoms with van der Waals surface area (Å²) in [5, 5.41) is 13.9. The first kappa shape index (κ1) is 18.7. The fourth-order valence-electron chi connectivity index (χ4n) is 3.21. The Bertz CT molecular complexity index is 1220. The van der Waals surface area contributed by atoms with Crippen molar-refractivity contribution in [3.63, 3.8) is 0 Å². The van der Waals surface area contributed by atoms with E-state index in [0.717, 1.165) is 11.3 Å². The van der Waals surface area contributed by atoms with Gasteiger partial charge in [-0.1, -0.05) is 30.3 Å². The number of amides is 2. The lowest BCUT2D eigenvalue weighted by molar-refractivity contribution is 0.174. The maximum absolute atomic E-state index is 12.2. The molecule has 3 aromatic carbocycles. The molecule has 0 unspecified atom stereocenters. The minimum absolute atomic E-state index is 0.233. The third-order valence-electron chi connectivity index (χ3n) is 4.66. The second kappa shape index (κ2) is 8.19. The first-order chi connectivity index (χ1) is 15.2. The number of para-hydroxylation sites is 1. The first-order valence-electron chi connectivity index (χ1n) is 9.67. The van der Waals surface area contributed by atoms with Gasteiger partial charge in [-0.25, -0.2) is 4.79 Å². The molecule has 0 radical (unpaired) electrons. The van der Waals surface area contributed by atoms with Gasteiger partial charge in [-0.3, -0.25) is 0 Å². The van der Waals surface area contributed by atoms with E-state index >= 15 is 0 Å². The molecule has 0 spiro atoms. The van der Waals surface area contributed by atoms with E-state index < -0.39 is 0 Å². The molecule has 5 rings (SSSR count). The van der Waals surface area contributed by atoms with Crippen LogP contribution in [0.15, 0.2) is 77.2 Å². The highest BCUT2D eigenvalue weighted by Crippen LogP contribution is 2.33. The third-order valence-corrected chi connectivity index (χ3v) is 4.66. The minimum atomic E-state index is -0.336. The first-order valence-corrected chi connectivity index (χ1v) is 9.67. The van der Waals surface area contributed by atoms with Crippen molar-refractivity contribution in [3.05, 3.63) is 84.3 Å². The summed E-state index contributed by atoms with van der Waals surface area (Å²) < 4.78 is 16.6. The van der Waals surface area contributed by atoms with Gasteiger partial charge in [0.05, 0.1) is 6.42 Å². The summed E-state index contributed by atoms with van der Waals surface area (Å²) in [5.41, 5.74) is 3.01. The highest BCUT2D eigenvalue weighted by molar-refractivity contribution is 6.00. The fraction of sp³-hybridized carbons (Fsp3) is 0.0870. The maximum atomic E-state index is 12.2. The average Bonchev–Trinajstić information content (AvgIpc) is 3.44. The Balaban J connectivity index is 1.27. The number of nitrogens with one attached hydrogen (secondary N) is 2.